The van der Waals surface area contributed by atoms with Crippen LogP contribution in [-0.4, -0.2) is 82.5 Å². The maximum absolute atomic E-state index is 12.4. The van der Waals surface area contributed by atoms with Crippen LogP contribution in [0, 0.1) is 0 Å². The van der Waals surface area contributed by atoms with Crippen LogP contribution in [0.15, 0.2) is 6.20 Å². The van der Waals surface area contributed by atoms with Crippen molar-refractivity contribution in [1.29, 1.82) is 0 Å². The minimum atomic E-state index is -0.354. The predicted octanol–water partition coefficient (Wildman–Crippen LogP) is 0.715. The zero-order valence-electron chi connectivity index (χ0n) is 17.5. The zero-order chi connectivity index (χ0) is 20.5. The molecule has 3 atom stereocenters. The number of likely N-dealkylation sites (tertiary alicyclic amines) is 1. The molecule has 0 radical (unpaired) electrons. The number of hydrogen-bond donors (Lipinski definition) is 2. The van der Waals surface area contributed by atoms with Crippen molar-refractivity contribution < 1.29 is 19.4 Å². The number of nitrogens with one attached hydrogen (secondary N) is 1. The predicted molar refractivity (Wildman–Crippen MR) is 107 cm³/mol. The van der Waals surface area contributed by atoms with Crippen molar-refractivity contribution in [2.24, 2.45) is 0 Å². The van der Waals surface area contributed by atoms with Crippen molar-refractivity contribution in [2.75, 3.05) is 33.4 Å². The molecule has 0 bridgehead atoms. The lowest BCUT2D eigenvalue weighted by Gasteiger charge is -2.36. The number of rotatable bonds is 10. The Morgan fingerprint density at radius 1 is 1.31 bits per heavy atom. The van der Waals surface area contributed by atoms with Crippen molar-refractivity contribution in [3.8, 4) is 0 Å². The lowest BCUT2D eigenvalue weighted by molar-refractivity contribution is -0.129. The third-order valence-corrected chi connectivity index (χ3v) is 5.80. The summed E-state index contributed by atoms with van der Waals surface area (Å²) in [7, 11) is 1.63. The molecule has 1 aromatic heterocycles. The van der Waals surface area contributed by atoms with Gasteiger partial charge in [-0.25, -0.2) is 0 Å². The Kier molecular flexibility index (Phi) is 8.85. The summed E-state index contributed by atoms with van der Waals surface area (Å²) in [5.41, 5.74) is 0.803. The van der Waals surface area contributed by atoms with E-state index in [9.17, 15) is 9.90 Å². The van der Waals surface area contributed by atoms with E-state index >= 15 is 0 Å². The number of methoxy groups -OCH3 is 1. The molecule has 29 heavy (non-hydrogen) atoms. The number of nitrogens with zero attached hydrogens (tertiary/aromatic N) is 4. The molecule has 1 aromatic rings. The van der Waals surface area contributed by atoms with Gasteiger partial charge < -0.3 is 24.8 Å². The summed E-state index contributed by atoms with van der Waals surface area (Å²) >= 11 is 0. The summed E-state index contributed by atoms with van der Waals surface area (Å²) in [6.07, 6.45) is 8.30. The largest absolute Gasteiger partial charge is 0.394 e. The molecule has 1 amide bonds. The fraction of sp³-hybridized carbons (Fsp3) is 0.850. The van der Waals surface area contributed by atoms with Crippen molar-refractivity contribution in [3.63, 3.8) is 0 Å². The smallest absolute Gasteiger partial charge is 0.221 e. The molecular weight excluding hydrogens is 374 g/mol. The molecule has 164 valence electrons. The number of hydrogen-bond acceptors (Lipinski definition) is 7. The van der Waals surface area contributed by atoms with Gasteiger partial charge in [-0.15, -0.1) is 5.10 Å². The number of ether oxygens (including phenoxy) is 2. The molecule has 2 fully saturated rings. The number of aromatic nitrogens is 3. The molecule has 0 unspecified atom stereocenters. The molecule has 0 spiro atoms. The maximum Gasteiger partial charge on any atom is 0.221 e. The molecule has 0 aliphatic carbocycles. The highest BCUT2D eigenvalue weighted by Gasteiger charge is 2.31. The number of aliphatic hydroxyl groups excluding tert-OH is 1. The van der Waals surface area contributed by atoms with E-state index in [1.54, 1.807) is 11.8 Å². The molecule has 0 saturated carbocycles. The monoisotopic (exact) mass is 409 g/mol. The van der Waals surface area contributed by atoms with Crippen LogP contribution in [0.4, 0.5) is 0 Å². The average molecular weight is 410 g/mol. The molecule has 2 N–H and O–H groups in total. The van der Waals surface area contributed by atoms with Crippen LogP contribution < -0.4 is 5.32 Å². The van der Waals surface area contributed by atoms with Gasteiger partial charge in [0.25, 0.3) is 0 Å². The third-order valence-electron chi connectivity index (χ3n) is 5.80. The fourth-order valence-electron chi connectivity index (χ4n) is 4.17. The van der Waals surface area contributed by atoms with E-state index in [1.165, 1.54) is 19.3 Å². The van der Waals surface area contributed by atoms with E-state index in [0.29, 0.717) is 19.6 Å². The molecule has 9 heteroatoms. The second-order valence-corrected chi connectivity index (χ2v) is 8.08. The molecule has 2 aliphatic rings. The normalized spacial score (nSPS) is 25.8. The van der Waals surface area contributed by atoms with Gasteiger partial charge in [0.2, 0.25) is 5.91 Å². The first-order chi connectivity index (χ1) is 14.2. The quantitative estimate of drug-likeness (QED) is 0.587. The Labute approximate surface area is 172 Å². The van der Waals surface area contributed by atoms with Gasteiger partial charge in [0, 0.05) is 26.6 Å². The van der Waals surface area contributed by atoms with E-state index in [2.05, 4.69) is 20.5 Å². The van der Waals surface area contributed by atoms with Crippen LogP contribution in [0.1, 0.15) is 50.6 Å². The summed E-state index contributed by atoms with van der Waals surface area (Å²) in [6.45, 7) is 4.07. The van der Waals surface area contributed by atoms with E-state index in [1.807, 2.05) is 6.20 Å². The standard InChI is InChI=1S/C20H35N5O4/c1-28-15-16-13-25(23-22-16)12-7-17-5-6-18(19(14-26)29-17)21-20(27)8-11-24-9-3-2-4-10-24/h13,17-19,26H,2-12,14-15H2,1H3,(H,21,27)/t17-,18+,19+/m1/s1. The average Bonchev–Trinajstić information content (AvgIpc) is 3.20. The van der Waals surface area contributed by atoms with Crippen LogP contribution in [0.2, 0.25) is 0 Å². The number of amides is 1. The Morgan fingerprint density at radius 3 is 2.90 bits per heavy atom. The van der Waals surface area contributed by atoms with Crippen LogP contribution in [0.3, 0.4) is 0 Å². The van der Waals surface area contributed by atoms with Gasteiger partial charge in [0.1, 0.15) is 11.8 Å². The van der Waals surface area contributed by atoms with Crippen molar-refractivity contribution >= 4 is 5.91 Å². The maximum atomic E-state index is 12.4. The van der Waals surface area contributed by atoms with Gasteiger partial charge in [-0.2, -0.15) is 0 Å². The minimum Gasteiger partial charge on any atom is -0.394 e. The number of carbonyl (C=O) groups is 1. The second kappa shape index (κ2) is 11.6. The molecule has 9 nitrogen and oxygen atoms in total. The van der Waals surface area contributed by atoms with Crippen molar-refractivity contribution in [3.05, 3.63) is 11.9 Å². The molecule has 0 aromatic carbocycles. The van der Waals surface area contributed by atoms with Crippen LogP contribution >= 0.6 is 0 Å². The van der Waals surface area contributed by atoms with Gasteiger partial charge in [-0.3, -0.25) is 9.48 Å². The Morgan fingerprint density at radius 2 is 2.14 bits per heavy atom. The highest BCUT2D eigenvalue weighted by molar-refractivity contribution is 5.76. The molecule has 3 heterocycles. The first-order valence-corrected chi connectivity index (χ1v) is 10.8. The highest BCUT2D eigenvalue weighted by Crippen LogP contribution is 2.22. The molecule has 2 aliphatic heterocycles. The van der Waals surface area contributed by atoms with Gasteiger partial charge in [0.15, 0.2) is 0 Å². The summed E-state index contributed by atoms with van der Waals surface area (Å²) in [5.74, 6) is 0.0503. The number of piperidine rings is 1. The first-order valence-electron chi connectivity index (χ1n) is 10.8. The van der Waals surface area contributed by atoms with Crippen molar-refractivity contribution in [1.82, 2.24) is 25.2 Å². The zero-order valence-corrected chi connectivity index (χ0v) is 17.5. The Hall–Kier alpha value is -1.55. The van der Waals surface area contributed by atoms with Gasteiger partial charge >= 0.3 is 0 Å². The summed E-state index contributed by atoms with van der Waals surface area (Å²) in [5, 5.41) is 21.0. The Bertz CT molecular complexity index is 620. The lowest BCUT2D eigenvalue weighted by atomic mass is 9.97. The summed E-state index contributed by atoms with van der Waals surface area (Å²) in [6, 6.07) is -0.121. The SMILES string of the molecule is COCc1cn(CC[C@H]2CC[C@H](NC(=O)CCN3CCCCC3)[C@H](CO)O2)nn1. The van der Waals surface area contributed by atoms with E-state index in [4.69, 9.17) is 9.47 Å². The number of aryl methyl sites for hydroxylation is 1. The van der Waals surface area contributed by atoms with Crippen LogP contribution in [-0.2, 0) is 27.4 Å². The van der Waals surface area contributed by atoms with Crippen LogP contribution in [0.25, 0.3) is 0 Å². The van der Waals surface area contributed by atoms with Gasteiger partial charge in [-0.05, 0) is 45.2 Å². The van der Waals surface area contributed by atoms with Crippen molar-refractivity contribution in [2.45, 2.75) is 76.3 Å². The summed E-state index contributed by atoms with van der Waals surface area (Å²) < 4.78 is 12.9. The minimum absolute atomic E-state index is 0.0451. The number of aliphatic hydroxyl groups is 1. The van der Waals surface area contributed by atoms with Gasteiger partial charge in [-0.1, -0.05) is 11.6 Å². The van der Waals surface area contributed by atoms with E-state index in [-0.39, 0.29) is 30.8 Å². The topological polar surface area (TPSA) is 102 Å². The third kappa shape index (κ3) is 7.02. The Balaban J connectivity index is 1.38. The van der Waals surface area contributed by atoms with Crippen LogP contribution in [0.5, 0.6) is 0 Å². The fourth-order valence-corrected chi connectivity index (χ4v) is 4.17. The van der Waals surface area contributed by atoms with E-state index < -0.39 is 0 Å². The summed E-state index contributed by atoms with van der Waals surface area (Å²) in [4.78, 5) is 14.7. The molecular formula is C20H35N5O4. The lowest BCUT2D eigenvalue weighted by Crippen LogP contribution is -2.51. The molecule has 3 rings (SSSR count). The first kappa shape index (κ1) is 22.1. The van der Waals surface area contributed by atoms with E-state index in [0.717, 1.165) is 44.6 Å². The number of carbonyl (C=O) groups excluding carboxylic acids is 1. The second-order valence-electron chi connectivity index (χ2n) is 8.08. The molecule has 2 saturated heterocycles. The van der Waals surface area contributed by atoms with Gasteiger partial charge in [0.05, 0.1) is 31.6 Å². The highest BCUT2D eigenvalue weighted by atomic mass is 16.5.